The average molecular weight is 256 g/mol. The van der Waals surface area contributed by atoms with Crippen LogP contribution in [0.3, 0.4) is 0 Å². The Hall–Kier alpha value is -0.120. The van der Waals surface area contributed by atoms with Gasteiger partial charge in [-0.25, -0.2) is 0 Å². The normalized spacial score (nSPS) is 26.5. The van der Waals surface area contributed by atoms with Crippen molar-refractivity contribution in [2.24, 2.45) is 5.92 Å². The Morgan fingerprint density at radius 3 is 2.44 bits per heavy atom. The van der Waals surface area contributed by atoms with Crippen LogP contribution in [-0.2, 0) is 0 Å². The van der Waals surface area contributed by atoms with E-state index >= 15 is 0 Å². The zero-order chi connectivity index (χ0) is 13.4. The molecule has 3 heteroatoms. The van der Waals surface area contributed by atoms with E-state index in [0.717, 1.165) is 32.1 Å². The van der Waals surface area contributed by atoms with Gasteiger partial charge in [0, 0.05) is 19.1 Å². The van der Waals surface area contributed by atoms with Crippen molar-refractivity contribution in [3.8, 4) is 0 Å². The van der Waals surface area contributed by atoms with E-state index in [1.165, 1.54) is 32.1 Å². The highest BCUT2D eigenvalue weighted by Crippen LogP contribution is 2.26. The first kappa shape index (κ1) is 15.9. The summed E-state index contributed by atoms with van der Waals surface area (Å²) < 4.78 is 0. The summed E-state index contributed by atoms with van der Waals surface area (Å²) >= 11 is 0. The first-order valence-corrected chi connectivity index (χ1v) is 7.85. The molecule has 0 bridgehead atoms. The van der Waals surface area contributed by atoms with E-state index in [4.69, 9.17) is 0 Å². The minimum atomic E-state index is -0.232. The zero-order valence-electron chi connectivity index (χ0n) is 12.5. The van der Waals surface area contributed by atoms with Gasteiger partial charge in [0.1, 0.15) is 0 Å². The summed E-state index contributed by atoms with van der Waals surface area (Å²) in [7, 11) is 0. The van der Waals surface area contributed by atoms with E-state index in [9.17, 15) is 5.11 Å². The highest BCUT2D eigenvalue weighted by Gasteiger charge is 2.23. The van der Waals surface area contributed by atoms with Gasteiger partial charge in [-0.05, 0) is 31.8 Å². The molecule has 0 aromatic heterocycles. The van der Waals surface area contributed by atoms with Crippen molar-refractivity contribution in [1.82, 2.24) is 10.2 Å². The van der Waals surface area contributed by atoms with Crippen LogP contribution in [-0.4, -0.2) is 48.3 Å². The predicted octanol–water partition coefficient (Wildman–Crippen LogP) is 2.25. The molecule has 1 saturated carbocycles. The van der Waals surface area contributed by atoms with Gasteiger partial charge in [-0.1, -0.05) is 40.0 Å². The molecule has 0 saturated heterocycles. The number of aliphatic hydroxyl groups excluding tert-OH is 1. The zero-order valence-corrected chi connectivity index (χ0v) is 12.5. The maximum absolute atomic E-state index is 10.1. The van der Waals surface area contributed by atoms with Crippen LogP contribution in [0.1, 0.15) is 52.9 Å². The Bertz CT molecular complexity index is 207. The molecular weight excluding hydrogens is 224 g/mol. The Kier molecular flexibility index (Phi) is 7.87. The molecule has 1 aliphatic rings. The average Bonchev–Trinajstić information content (AvgIpc) is 2.42. The van der Waals surface area contributed by atoms with Crippen LogP contribution < -0.4 is 5.32 Å². The molecule has 1 aliphatic carbocycles. The number of nitrogens with zero attached hydrogens (tertiary/aromatic N) is 1. The largest absolute Gasteiger partial charge is 0.390 e. The second-order valence-electron chi connectivity index (χ2n) is 5.61. The van der Waals surface area contributed by atoms with E-state index < -0.39 is 0 Å². The molecule has 3 atom stereocenters. The minimum absolute atomic E-state index is 0.232. The van der Waals surface area contributed by atoms with Crippen LogP contribution in [0, 0.1) is 5.92 Å². The monoisotopic (exact) mass is 256 g/mol. The van der Waals surface area contributed by atoms with Gasteiger partial charge in [0.2, 0.25) is 0 Å². The quantitative estimate of drug-likeness (QED) is 0.699. The maximum Gasteiger partial charge on any atom is 0.0791 e. The smallest absolute Gasteiger partial charge is 0.0791 e. The highest BCUT2D eigenvalue weighted by atomic mass is 16.3. The Morgan fingerprint density at radius 2 is 1.83 bits per heavy atom. The van der Waals surface area contributed by atoms with Crippen LogP contribution >= 0.6 is 0 Å². The topological polar surface area (TPSA) is 35.5 Å². The fourth-order valence-corrected chi connectivity index (χ4v) is 3.10. The van der Waals surface area contributed by atoms with Crippen molar-refractivity contribution in [2.75, 3.05) is 26.2 Å². The summed E-state index contributed by atoms with van der Waals surface area (Å²) in [4.78, 5) is 2.28. The first-order chi connectivity index (χ1) is 8.71. The lowest BCUT2D eigenvalue weighted by Crippen LogP contribution is -2.45. The fourth-order valence-electron chi connectivity index (χ4n) is 3.10. The number of nitrogens with one attached hydrogen (secondary N) is 1. The molecule has 1 rings (SSSR count). The molecule has 1 fully saturated rings. The summed E-state index contributed by atoms with van der Waals surface area (Å²) in [5.41, 5.74) is 0. The van der Waals surface area contributed by atoms with E-state index in [1.807, 2.05) is 0 Å². The molecule has 0 spiro atoms. The molecule has 3 nitrogen and oxygen atoms in total. The van der Waals surface area contributed by atoms with Gasteiger partial charge in [0.15, 0.2) is 0 Å². The SMILES string of the molecule is CCC1CCCCC1NCC(O)CN(CC)CC. The molecule has 0 radical (unpaired) electrons. The molecule has 2 N–H and O–H groups in total. The molecule has 108 valence electrons. The van der Waals surface area contributed by atoms with Gasteiger partial charge in [0.05, 0.1) is 6.10 Å². The van der Waals surface area contributed by atoms with Crippen LogP contribution in [0.25, 0.3) is 0 Å². The number of likely N-dealkylation sites (N-methyl/N-ethyl adjacent to an activating group) is 1. The Balaban J connectivity index is 2.25. The van der Waals surface area contributed by atoms with E-state index in [2.05, 4.69) is 31.0 Å². The number of rotatable bonds is 8. The van der Waals surface area contributed by atoms with Crippen molar-refractivity contribution >= 4 is 0 Å². The van der Waals surface area contributed by atoms with Crippen molar-refractivity contribution in [3.05, 3.63) is 0 Å². The van der Waals surface area contributed by atoms with Crippen LogP contribution in [0.15, 0.2) is 0 Å². The fraction of sp³-hybridized carbons (Fsp3) is 1.00. The second-order valence-corrected chi connectivity index (χ2v) is 5.61. The lowest BCUT2D eigenvalue weighted by atomic mass is 9.83. The molecule has 0 aromatic rings. The molecule has 0 heterocycles. The van der Waals surface area contributed by atoms with Gasteiger partial charge in [-0.3, -0.25) is 0 Å². The third-order valence-corrected chi connectivity index (χ3v) is 4.41. The third kappa shape index (κ3) is 5.25. The van der Waals surface area contributed by atoms with Crippen molar-refractivity contribution in [3.63, 3.8) is 0 Å². The number of hydrogen-bond acceptors (Lipinski definition) is 3. The summed E-state index contributed by atoms with van der Waals surface area (Å²) in [6, 6.07) is 0.634. The first-order valence-electron chi connectivity index (χ1n) is 7.85. The van der Waals surface area contributed by atoms with Crippen LogP contribution in [0.5, 0.6) is 0 Å². The standard InChI is InChI=1S/C15H32N2O/c1-4-13-9-7-8-10-15(13)16-11-14(18)12-17(5-2)6-3/h13-16,18H,4-12H2,1-3H3. The van der Waals surface area contributed by atoms with Crippen LogP contribution in [0.4, 0.5) is 0 Å². The summed E-state index contributed by atoms with van der Waals surface area (Å²) in [6.45, 7) is 10.2. The van der Waals surface area contributed by atoms with Gasteiger partial charge in [-0.15, -0.1) is 0 Å². The van der Waals surface area contributed by atoms with E-state index in [0.29, 0.717) is 6.04 Å². The Morgan fingerprint density at radius 1 is 1.17 bits per heavy atom. The van der Waals surface area contributed by atoms with Gasteiger partial charge < -0.3 is 15.3 Å². The summed E-state index contributed by atoms with van der Waals surface area (Å²) in [5, 5.41) is 13.7. The van der Waals surface area contributed by atoms with Gasteiger partial charge in [-0.2, -0.15) is 0 Å². The minimum Gasteiger partial charge on any atom is -0.390 e. The van der Waals surface area contributed by atoms with E-state index in [1.54, 1.807) is 0 Å². The maximum atomic E-state index is 10.1. The van der Waals surface area contributed by atoms with Crippen molar-refractivity contribution in [2.45, 2.75) is 65.0 Å². The van der Waals surface area contributed by atoms with Crippen molar-refractivity contribution in [1.29, 1.82) is 0 Å². The second kappa shape index (κ2) is 8.89. The molecule has 3 unspecified atom stereocenters. The molecule has 0 aromatic carbocycles. The molecule has 18 heavy (non-hydrogen) atoms. The molecule has 0 aliphatic heterocycles. The van der Waals surface area contributed by atoms with Gasteiger partial charge >= 0.3 is 0 Å². The number of hydrogen-bond donors (Lipinski definition) is 2. The lowest BCUT2D eigenvalue weighted by molar-refractivity contribution is 0.107. The van der Waals surface area contributed by atoms with E-state index in [-0.39, 0.29) is 6.10 Å². The number of aliphatic hydroxyl groups is 1. The molecular formula is C15H32N2O. The lowest BCUT2D eigenvalue weighted by Gasteiger charge is -2.33. The predicted molar refractivity (Wildman–Crippen MR) is 77.8 cm³/mol. The Labute approximate surface area is 113 Å². The van der Waals surface area contributed by atoms with Crippen LogP contribution in [0.2, 0.25) is 0 Å². The summed E-state index contributed by atoms with van der Waals surface area (Å²) in [5.74, 6) is 0.819. The third-order valence-electron chi connectivity index (χ3n) is 4.41. The summed E-state index contributed by atoms with van der Waals surface area (Å²) in [6.07, 6.45) is 6.42. The highest BCUT2D eigenvalue weighted by molar-refractivity contribution is 4.81. The van der Waals surface area contributed by atoms with Crippen molar-refractivity contribution < 1.29 is 5.11 Å². The molecule has 0 amide bonds. The van der Waals surface area contributed by atoms with Gasteiger partial charge in [0.25, 0.3) is 0 Å².